The van der Waals surface area contributed by atoms with E-state index < -0.39 is 0 Å². The molecule has 0 saturated heterocycles. The monoisotopic (exact) mass is 462 g/mol. The first-order valence-electron chi connectivity index (χ1n) is 15.3. The number of hydrogen-bond donors (Lipinski definition) is 0. The highest BCUT2D eigenvalue weighted by Gasteiger charge is 2.17. The van der Waals surface area contributed by atoms with Crippen molar-refractivity contribution in [3.8, 4) is 0 Å². The molecule has 0 spiro atoms. The van der Waals surface area contributed by atoms with Gasteiger partial charge >= 0.3 is 0 Å². The fourth-order valence-corrected chi connectivity index (χ4v) is 6.15. The van der Waals surface area contributed by atoms with Gasteiger partial charge in [-0.15, -0.1) is 0 Å². The number of allylic oxidation sites excluding steroid dienone is 4. The Morgan fingerprint density at radius 2 is 0.912 bits per heavy atom. The van der Waals surface area contributed by atoms with E-state index in [0.717, 1.165) is 11.8 Å². The molecule has 0 radical (unpaired) electrons. The number of rotatable bonds is 16. The van der Waals surface area contributed by atoms with Gasteiger partial charge < -0.3 is 0 Å². The summed E-state index contributed by atoms with van der Waals surface area (Å²) in [5.74, 6) is 1.87. The van der Waals surface area contributed by atoms with Gasteiger partial charge in [-0.2, -0.15) is 0 Å². The summed E-state index contributed by atoms with van der Waals surface area (Å²) < 4.78 is 0. The van der Waals surface area contributed by atoms with Gasteiger partial charge in [0.1, 0.15) is 0 Å². The molecule has 2 aliphatic rings. The van der Waals surface area contributed by atoms with Crippen LogP contribution in [0.3, 0.4) is 0 Å². The van der Waals surface area contributed by atoms with Crippen molar-refractivity contribution in [2.24, 2.45) is 11.8 Å². The molecule has 2 atom stereocenters. The Hall–Kier alpha value is -1.30. The van der Waals surface area contributed by atoms with E-state index >= 15 is 0 Å². The first kappa shape index (κ1) is 27.3. The second-order valence-corrected chi connectivity index (χ2v) is 11.4. The molecule has 34 heavy (non-hydrogen) atoms. The molecule has 0 heterocycles. The van der Waals surface area contributed by atoms with E-state index in [1.807, 2.05) is 0 Å². The van der Waals surface area contributed by atoms with Crippen LogP contribution in [0.2, 0.25) is 0 Å². The van der Waals surface area contributed by atoms with Crippen molar-refractivity contribution in [1.82, 2.24) is 0 Å². The van der Waals surface area contributed by atoms with Gasteiger partial charge in [0.05, 0.1) is 0 Å². The maximum Gasteiger partial charge on any atom is -0.0227 e. The molecule has 1 aromatic rings. The summed E-state index contributed by atoms with van der Waals surface area (Å²) in [6.45, 7) is 4.61. The van der Waals surface area contributed by atoms with Crippen LogP contribution < -0.4 is 0 Å². The van der Waals surface area contributed by atoms with E-state index in [4.69, 9.17) is 0 Å². The zero-order chi connectivity index (χ0) is 23.8. The van der Waals surface area contributed by atoms with Crippen LogP contribution in [0.1, 0.15) is 153 Å². The number of benzene rings is 1. The molecule has 0 heteroatoms. The summed E-state index contributed by atoms with van der Waals surface area (Å²) in [4.78, 5) is 0. The molecular formula is C34H54. The van der Waals surface area contributed by atoms with Gasteiger partial charge in [-0.05, 0) is 72.6 Å². The normalized spacial score (nSPS) is 20.8. The molecule has 0 fully saturated rings. The summed E-state index contributed by atoms with van der Waals surface area (Å²) in [5.41, 5.74) is 6.14. The van der Waals surface area contributed by atoms with Crippen molar-refractivity contribution in [3.63, 3.8) is 0 Å². The Balaban J connectivity index is 1.35. The molecule has 0 aromatic heterocycles. The molecule has 0 amide bonds. The van der Waals surface area contributed by atoms with Crippen LogP contribution in [0.15, 0.2) is 36.4 Å². The lowest BCUT2D eigenvalue weighted by molar-refractivity contribution is 0.422. The smallest absolute Gasteiger partial charge is 0.0227 e. The predicted molar refractivity (Wildman–Crippen MR) is 153 cm³/mol. The van der Waals surface area contributed by atoms with Crippen molar-refractivity contribution in [2.45, 2.75) is 142 Å². The van der Waals surface area contributed by atoms with Crippen LogP contribution in [0.5, 0.6) is 0 Å². The van der Waals surface area contributed by atoms with E-state index in [2.05, 4.69) is 50.3 Å². The second kappa shape index (κ2) is 16.4. The molecule has 0 saturated carbocycles. The quantitative estimate of drug-likeness (QED) is 0.214. The molecule has 1 aromatic carbocycles. The van der Waals surface area contributed by atoms with Crippen LogP contribution >= 0.6 is 0 Å². The van der Waals surface area contributed by atoms with Gasteiger partial charge in [-0.3, -0.25) is 0 Å². The lowest BCUT2D eigenvalue weighted by Crippen LogP contribution is -2.06. The molecule has 3 rings (SSSR count). The molecule has 0 N–H and O–H groups in total. The number of unbranched alkanes of at least 4 members (excludes halogenated alkanes) is 10. The van der Waals surface area contributed by atoms with Gasteiger partial charge in [-0.1, -0.05) is 140 Å². The maximum atomic E-state index is 2.57. The fraction of sp³-hybridized carbons (Fsp3) is 0.706. The maximum absolute atomic E-state index is 2.57. The molecule has 190 valence electrons. The molecule has 0 nitrogen and oxygen atoms in total. The summed E-state index contributed by atoms with van der Waals surface area (Å²) in [6.07, 6.45) is 33.1. The van der Waals surface area contributed by atoms with Gasteiger partial charge in [0, 0.05) is 0 Å². The summed E-state index contributed by atoms with van der Waals surface area (Å²) in [7, 11) is 0. The predicted octanol–water partition coefficient (Wildman–Crippen LogP) is 11.6. The van der Waals surface area contributed by atoms with Crippen molar-refractivity contribution in [2.75, 3.05) is 0 Å². The SMILES string of the molecule is CCCCCCCCCCC1CC=C(c2ccc(C3=CCC(CCCCCC)CC3)cc2)CC1. The van der Waals surface area contributed by atoms with Crippen LogP contribution in [0.4, 0.5) is 0 Å². The average molecular weight is 463 g/mol. The zero-order valence-corrected chi connectivity index (χ0v) is 22.8. The van der Waals surface area contributed by atoms with Crippen molar-refractivity contribution < 1.29 is 0 Å². The topological polar surface area (TPSA) is 0 Å². The Labute approximate surface area is 212 Å². The van der Waals surface area contributed by atoms with Gasteiger partial charge in [-0.25, -0.2) is 0 Å². The van der Waals surface area contributed by atoms with E-state index in [0.29, 0.717) is 0 Å². The van der Waals surface area contributed by atoms with Crippen LogP contribution in [-0.4, -0.2) is 0 Å². The van der Waals surface area contributed by atoms with Gasteiger partial charge in [0.15, 0.2) is 0 Å². The van der Waals surface area contributed by atoms with Crippen LogP contribution in [0.25, 0.3) is 11.1 Å². The molecule has 2 unspecified atom stereocenters. The third-order valence-corrected chi connectivity index (χ3v) is 8.60. The van der Waals surface area contributed by atoms with E-state index in [-0.39, 0.29) is 0 Å². The Morgan fingerprint density at radius 3 is 1.29 bits per heavy atom. The van der Waals surface area contributed by atoms with E-state index in [1.165, 1.54) is 140 Å². The second-order valence-electron chi connectivity index (χ2n) is 11.4. The zero-order valence-electron chi connectivity index (χ0n) is 22.8. The fourth-order valence-electron chi connectivity index (χ4n) is 6.15. The molecular weight excluding hydrogens is 408 g/mol. The standard InChI is InChI=1S/C34H54/c1-3-5-7-9-10-11-12-14-16-30-19-23-32(24-20-30)34-27-25-33(26-28-34)31-21-17-29(18-22-31)15-13-8-6-4-2/h21,23,25-30H,3-20,22,24H2,1-2H3. The highest BCUT2D eigenvalue weighted by atomic mass is 14.2. The minimum absolute atomic E-state index is 0.936. The largest absolute Gasteiger partial charge is 0.0804 e. The lowest BCUT2D eigenvalue weighted by Gasteiger charge is -2.23. The summed E-state index contributed by atoms with van der Waals surface area (Å²) in [5, 5.41) is 0. The Bertz CT molecular complexity index is 719. The van der Waals surface area contributed by atoms with Gasteiger partial charge in [0.25, 0.3) is 0 Å². The molecule has 0 bridgehead atoms. The minimum Gasteiger partial charge on any atom is -0.0804 e. The van der Waals surface area contributed by atoms with Crippen LogP contribution in [-0.2, 0) is 0 Å². The molecule has 2 aliphatic carbocycles. The highest BCUT2D eigenvalue weighted by molar-refractivity contribution is 5.71. The summed E-state index contributed by atoms with van der Waals surface area (Å²) >= 11 is 0. The van der Waals surface area contributed by atoms with Crippen molar-refractivity contribution >= 4 is 11.1 Å². The Morgan fingerprint density at radius 1 is 0.529 bits per heavy atom. The van der Waals surface area contributed by atoms with Gasteiger partial charge in [0.2, 0.25) is 0 Å². The van der Waals surface area contributed by atoms with Crippen molar-refractivity contribution in [3.05, 3.63) is 47.5 Å². The third-order valence-electron chi connectivity index (χ3n) is 8.60. The molecule has 0 aliphatic heterocycles. The lowest BCUT2D eigenvalue weighted by atomic mass is 9.82. The van der Waals surface area contributed by atoms with E-state index in [9.17, 15) is 0 Å². The average Bonchev–Trinajstić information content (AvgIpc) is 2.89. The number of hydrogen-bond acceptors (Lipinski definition) is 0. The minimum atomic E-state index is 0.936. The van der Waals surface area contributed by atoms with E-state index in [1.54, 1.807) is 11.1 Å². The Kier molecular flexibility index (Phi) is 13.2. The third kappa shape index (κ3) is 9.75. The first-order chi connectivity index (χ1) is 16.8. The first-order valence-corrected chi connectivity index (χ1v) is 15.3. The van der Waals surface area contributed by atoms with Crippen LogP contribution in [0, 0.1) is 11.8 Å². The highest BCUT2D eigenvalue weighted by Crippen LogP contribution is 2.35. The summed E-state index contributed by atoms with van der Waals surface area (Å²) in [6, 6.07) is 9.60. The van der Waals surface area contributed by atoms with Crippen molar-refractivity contribution in [1.29, 1.82) is 0 Å².